The smallest absolute Gasteiger partial charge is 0.237 e. The van der Waals surface area contributed by atoms with Crippen molar-refractivity contribution in [1.29, 1.82) is 0 Å². The second kappa shape index (κ2) is 11.1. The summed E-state index contributed by atoms with van der Waals surface area (Å²) < 4.78 is 24.8. The van der Waals surface area contributed by atoms with Crippen molar-refractivity contribution in [2.24, 2.45) is 0 Å². The largest absolute Gasteiger partial charge is 0.339 e. The van der Waals surface area contributed by atoms with Gasteiger partial charge >= 0.3 is 0 Å². The van der Waals surface area contributed by atoms with Crippen molar-refractivity contribution >= 4 is 21.7 Å². The van der Waals surface area contributed by atoms with Crippen LogP contribution in [0.5, 0.6) is 0 Å². The van der Waals surface area contributed by atoms with Crippen LogP contribution < -0.4 is 0 Å². The molecule has 2 aliphatic rings. The van der Waals surface area contributed by atoms with Crippen LogP contribution in [-0.4, -0.2) is 91.7 Å². The van der Waals surface area contributed by atoms with E-state index in [2.05, 4.69) is 11.8 Å². The quantitative estimate of drug-likeness (QED) is 0.602. The maximum Gasteiger partial charge on any atom is 0.237 e. The zero-order valence-electron chi connectivity index (χ0n) is 18.5. The topological polar surface area (TPSA) is 78.0 Å². The fourth-order valence-corrected chi connectivity index (χ4v) is 5.69. The third kappa shape index (κ3) is 7.31. The highest BCUT2D eigenvalue weighted by Crippen LogP contribution is 2.17. The Morgan fingerprint density at radius 1 is 0.968 bits per heavy atom. The number of hydrogen-bond acceptors (Lipinski definition) is 5. The van der Waals surface area contributed by atoms with Crippen LogP contribution >= 0.6 is 0 Å². The molecular formula is C23H35N3O4S. The summed E-state index contributed by atoms with van der Waals surface area (Å²) in [4.78, 5) is 30.8. The molecule has 0 radical (unpaired) electrons. The molecule has 2 heterocycles. The number of benzene rings is 1. The summed E-state index contributed by atoms with van der Waals surface area (Å²) in [5.41, 5.74) is 1.11. The maximum atomic E-state index is 12.6. The number of carbonyl (C=O) groups is 2. The van der Waals surface area contributed by atoms with Gasteiger partial charge in [-0.15, -0.1) is 0 Å². The lowest BCUT2D eigenvalue weighted by Crippen LogP contribution is -2.53. The number of aryl methyl sites for hydroxylation is 1. The number of sulfone groups is 1. The molecule has 0 spiro atoms. The fraction of sp³-hybridized carbons (Fsp3) is 0.652. The molecule has 0 aromatic heterocycles. The van der Waals surface area contributed by atoms with Gasteiger partial charge < -0.3 is 9.80 Å². The predicted octanol–water partition coefficient (Wildman–Crippen LogP) is 1.58. The summed E-state index contributed by atoms with van der Waals surface area (Å²) in [6, 6.07) is 10.1. The third-order valence-corrected chi connectivity index (χ3v) is 7.91. The summed E-state index contributed by atoms with van der Waals surface area (Å²) in [7, 11) is -3.42. The van der Waals surface area contributed by atoms with Crippen LogP contribution in [0, 0.1) is 0 Å². The average molecular weight is 450 g/mol. The highest BCUT2D eigenvalue weighted by molar-refractivity contribution is 7.92. The highest BCUT2D eigenvalue weighted by Gasteiger charge is 2.28. The van der Waals surface area contributed by atoms with Crippen LogP contribution in [0.25, 0.3) is 0 Å². The van der Waals surface area contributed by atoms with E-state index in [0.29, 0.717) is 51.6 Å². The molecule has 3 rings (SSSR count). The summed E-state index contributed by atoms with van der Waals surface area (Å²) >= 11 is 0. The molecule has 2 fully saturated rings. The summed E-state index contributed by atoms with van der Waals surface area (Å²) in [5.74, 6) is -0.564. The van der Waals surface area contributed by atoms with Gasteiger partial charge in [0.1, 0.15) is 5.75 Å². The Morgan fingerprint density at radius 3 is 2.35 bits per heavy atom. The van der Waals surface area contributed by atoms with Gasteiger partial charge in [-0.25, -0.2) is 8.42 Å². The molecule has 2 amide bonds. The molecule has 31 heavy (non-hydrogen) atoms. The van der Waals surface area contributed by atoms with E-state index in [-0.39, 0.29) is 17.6 Å². The van der Waals surface area contributed by atoms with Gasteiger partial charge in [0.25, 0.3) is 0 Å². The van der Waals surface area contributed by atoms with Crippen molar-refractivity contribution in [3.8, 4) is 0 Å². The monoisotopic (exact) mass is 449 g/mol. The minimum atomic E-state index is -3.42. The van der Waals surface area contributed by atoms with Crippen molar-refractivity contribution in [2.45, 2.75) is 45.1 Å². The Kier molecular flexibility index (Phi) is 8.49. The van der Waals surface area contributed by atoms with Gasteiger partial charge in [0.05, 0.1) is 12.3 Å². The van der Waals surface area contributed by atoms with Gasteiger partial charge in [-0.1, -0.05) is 30.3 Å². The normalized spacial score (nSPS) is 20.6. The highest BCUT2D eigenvalue weighted by atomic mass is 32.2. The van der Waals surface area contributed by atoms with E-state index in [1.54, 1.807) is 4.90 Å². The Hall–Kier alpha value is -1.93. The molecule has 1 unspecified atom stereocenters. The first-order valence-electron chi connectivity index (χ1n) is 11.4. The molecule has 7 nitrogen and oxygen atoms in total. The molecule has 8 heteroatoms. The van der Waals surface area contributed by atoms with E-state index in [0.717, 1.165) is 24.9 Å². The van der Waals surface area contributed by atoms with Crippen molar-refractivity contribution in [2.75, 3.05) is 50.8 Å². The van der Waals surface area contributed by atoms with Gasteiger partial charge in [-0.2, -0.15) is 0 Å². The summed E-state index contributed by atoms with van der Waals surface area (Å²) in [6.45, 7) is 5.47. The Balaban J connectivity index is 1.38. The molecule has 2 saturated heterocycles. The van der Waals surface area contributed by atoms with E-state index in [9.17, 15) is 18.0 Å². The molecule has 2 aliphatic heterocycles. The number of carbonyl (C=O) groups excluding carboxylic acids is 2. The number of amides is 2. The molecule has 0 bridgehead atoms. The van der Waals surface area contributed by atoms with Crippen molar-refractivity contribution in [3.05, 3.63) is 35.9 Å². The van der Waals surface area contributed by atoms with Crippen LogP contribution in [0.4, 0.5) is 0 Å². The van der Waals surface area contributed by atoms with E-state index >= 15 is 0 Å². The zero-order valence-corrected chi connectivity index (χ0v) is 19.4. The molecule has 1 atom stereocenters. The van der Waals surface area contributed by atoms with Gasteiger partial charge in [-0.05, 0) is 44.6 Å². The second-order valence-electron chi connectivity index (χ2n) is 8.77. The van der Waals surface area contributed by atoms with Gasteiger partial charge in [0.2, 0.25) is 11.8 Å². The number of rotatable bonds is 8. The number of nitrogens with zero attached hydrogens (tertiary/aromatic N) is 3. The number of hydrogen-bond donors (Lipinski definition) is 0. The Morgan fingerprint density at radius 2 is 1.68 bits per heavy atom. The lowest BCUT2D eigenvalue weighted by molar-refractivity contribution is -0.136. The predicted molar refractivity (Wildman–Crippen MR) is 121 cm³/mol. The second-order valence-corrected chi connectivity index (χ2v) is 11.0. The SMILES string of the molecule is CC1CCCCN1C(=O)CN1CCN(C(=O)CS(=O)(=O)CCCc2ccccc2)CC1. The van der Waals surface area contributed by atoms with Crippen molar-refractivity contribution < 1.29 is 18.0 Å². The Labute approximate surface area is 186 Å². The van der Waals surface area contributed by atoms with Crippen molar-refractivity contribution in [3.63, 3.8) is 0 Å². The third-order valence-electron chi connectivity index (χ3n) is 6.31. The molecule has 1 aromatic carbocycles. The van der Waals surface area contributed by atoms with Crippen LogP contribution in [0.15, 0.2) is 30.3 Å². The van der Waals surface area contributed by atoms with Crippen LogP contribution in [0.2, 0.25) is 0 Å². The van der Waals surface area contributed by atoms with Gasteiger partial charge in [0, 0.05) is 38.8 Å². The minimum absolute atomic E-state index is 0.0239. The fourth-order valence-electron chi connectivity index (χ4n) is 4.40. The van der Waals surface area contributed by atoms with E-state index < -0.39 is 15.6 Å². The first kappa shape index (κ1) is 23.7. The number of piperidine rings is 1. The van der Waals surface area contributed by atoms with E-state index in [1.807, 2.05) is 35.2 Å². The minimum Gasteiger partial charge on any atom is -0.339 e. The van der Waals surface area contributed by atoms with Gasteiger partial charge in [-0.3, -0.25) is 14.5 Å². The molecule has 0 aliphatic carbocycles. The Bertz CT molecular complexity index is 836. The molecular weight excluding hydrogens is 414 g/mol. The summed E-state index contributed by atoms with van der Waals surface area (Å²) in [6.07, 6.45) is 4.52. The standard InChI is InChI=1S/C23H35N3O4S/c1-20-8-5-6-12-26(20)22(27)18-24-13-15-25(16-14-24)23(28)19-31(29,30)17-7-11-21-9-3-2-4-10-21/h2-4,9-10,20H,5-8,11-19H2,1H3. The summed E-state index contributed by atoms with van der Waals surface area (Å²) in [5, 5.41) is 0. The van der Waals surface area contributed by atoms with E-state index in [4.69, 9.17) is 0 Å². The number of piperazine rings is 1. The maximum absolute atomic E-state index is 12.6. The molecule has 0 N–H and O–H groups in total. The number of likely N-dealkylation sites (tertiary alicyclic amines) is 1. The average Bonchev–Trinajstić information content (AvgIpc) is 2.75. The van der Waals surface area contributed by atoms with Crippen molar-refractivity contribution in [1.82, 2.24) is 14.7 Å². The molecule has 0 saturated carbocycles. The lowest BCUT2D eigenvalue weighted by atomic mass is 10.0. The van der Waals surface area contributed by atoms with E-state index in [1.165, 1.54) is 6.42 Å². The first-order valence-corrected chi connectivity index (χ1v) is 13.2. The molecule has 1 aromatic rings. The van der Waals surface area contributed by atoms with Crippen LogP contribution in [0.3, 0.4) is 0 Å². The van der Waals surface area contributed by atoms with Gasteiger partial charge in [0.15, 0.2) is 9.84 Å². The lowest BCUT2D eigenvalue weighted by Gasteiger charge is -2.38. The van der Waals surface area contributed by atoms with Crippen LogP contribution in [-0.2, 0) is 25.8 Å². The zero-order chi connectivity index (χ0) is 22.3. The first-order chi connectivity index (χ1) is 14.8. The molecule has 172 valence electrons. The van der Waals surface area contributed by atoms with Crippen LogP contribution in [0.1, 0.15) is 38.2 Å².